The van der Waals surface area contributed by atoms with Crippen molar-refractivity contribution in [1.29, 1.82) is 0 Å². The molecule has 4 aromatic rings. The number of piperidine rings is 1. The van der Waals surface area contributed by atoms with Gasteiger partial charge in [-0.25, -0.2) is 9.97 Å². The van der Waals surface area contributed by atoms with Crippen molar-refractivity contribution in [3.8, 4) is 34.1 Å². The number of nitrogens with zero attached hydrogens (tertiary/aromatic N) is 3. The van der Waals surface area contributed by atoms with Gasteiger partial charge in [-0.05, 0) is 73.8 Å². The van der Waals surface area contributed by atoms with Crippen molar-refractivity contribution in [1.82, 2.24) is 25.2 Å². The molecule has 0 bridgehead atoms. The molecule has 0 radical (unpaired) electrons. The largest absolute Gasteiger partial charge is 0.507 e. The summed E-state index contributed by atoms with van der Waals surface area (Å²) in [4.78, 5) is 27.3. The molecular formula is C29H33N5O4. The molecule has 1 saturated heterocycles. The fourth-order valence-electron chi connectivity index (χ4n) is 5.09. The van der Waals surface area contributed by atoms with Gasteiger partial charge >= 0.3 is 0 Å². The zero-order chi connectivity index (χ0) is 26.5. The van der Waals surface area contributed by atoms with Gasteiger partial charge in [0.2, 0.25) is 5.88 Å². The highest BCUT2D eigenvalue weighted by Crippen LogP contribution is 2.35. The van der Waals surface area contributed by atoms with Crippen LogP contribution in [-0.4, -0.2) is 75.4 Å². The smallest absolute Gasteiger partial charge is 0.251 e. The number of phenolic OH excluding ortho intramolecular Hbond substituents is 1. The molecule has 198 valence electrons. The molecule has 1 amide bonds. The summed E-state index contributed by atoms with van der Waals surface area (Å²) < 4.78 is 5.39. The number of aromatic hydroxyl groups is 1. The van der Waals surface area contributed by atoms with E-state index in [0.717, 1.165) is 43.5 Å². The predicted molar refractivity (Wildman–Crippen MR) is 146 cm³/mol. The molecule has 1 aliphatic rings. The topological polar surface area (TPSA) is 124 Å². The number of aromatic nitrogens is 3. The summed E-state index contributed by atoms with van der Waals surface area (Å²) in [6, 6.07) is 14.6. The van der Waals surface area contributed by atoms with Crippen molar-refractivity contribution in [3.63, 3.8) is 0 Å². The molecular weight excluding hydrogens is 482 g/mol. The van der Waals surface area contributed by atoms with Crippen LogP contribution in [0.5, 0.6) is 11.6 Å². The molecule has 9 heteroatoms. The average Bonchev–Trinajstić information content (AvgIpc) is 3.39. The van der Waals surface area contributed by atoms with Crippen molar-refractivity contribution in [2.24, 2.45) is 0 Å². The molecule has 5 rings (SSSR count). The molecule has 3 heterocycles. The van der Waals surface area contributed by atoms with Crippen molar-refractivity contribution < 1.29 is 19.7 Å². The standard InChI is InChI=1S/C29H33N5O4/c1-38-29-22(7-4-12-31-29)19-9-11-26(36)23(16-19)27-32-24-10-8-20(17-25(24)33-27)28(37)30-13-5-15-34-14-3-2-6-21(34)18-35/h4,7-12,16-17,21,35-36H,2-3,5-6,13-15,18H2,1H3,(H,30,37)(H,32,33). The number of phenols is 1. The van der Waals surface area contributed by atoms with Gasteiger partial charge in [0.25, 0.3) is 5.91 Å². The maximum absolute atomic E-state index is 12.8. The quantitative estimate of drug-likeness (QED) is 0.249. The number of carbonyl (C=O) groups is 1. The van der Waals surface area contributed by atoms with E-state index in [9.17, 15) is 15.0 Å². The number of hydrogen-bond donors (Lipinski definition) is 4. The Morgan fingerprint density at radius 2 is 2.08 bits per heavy atom. The number of amides is 1. The lowest BCUT2D eigenvalue weighted by Crippen LogP contribution is -2.43. The number of nitrogens with one attached hydrogen (secondary N) is 2. The minimum Gasteiger partial charge on any atom is -0.507 e. The number of carbonyl (C=O) groups excluding carboxylic acids is 1. The maximum Gasteiger partial charge on any atom is 0.251 e. The maximum atomic E-state index is 12.8. The summed E-state index contributed by atoms with van der Waals surface area (Å²) in [5, 5.41) is 23.2. The van der Waals surface area contributed by atoms with Crippen LogP contribution in [0.4, 0.5) is 0 Å². The minimum atomic E-state index is -0.145. The second-order valence-corrected chi connectivity index (χ2v) is 9.59. The summed E-state index contributed by atoms with van der Waals surface area (Å²) >= 11 is 0. The normalized spacial score (nSPS) is 16.0. The van der Waals surface area contributed by atoms with E-state index in [4.69, 9.17) is 4.74 Å². The molecule has 2 aromatic carbocycles. The van der Waals surface area contributed by atoms with Crippen molar-refractivity contribution in [2.45, 2.75) is 31.7 Å². The predicted octanol–water partition coefficient (Wildman–Crippen LogP) is 3.97. The van der Waals surface area contributed by atoms with Crippen molar-refractivity contribution in [2.75, 3.05) is 33.4 Å². The molecule has 0 aliphatic carbocycles. The van der Waals surface area contributed by atoms with Crippen LogP contribution in [0, 0.1) is 0 Å². The number of aromatic amines is 1. The molecule has 4 N–H and O–H groups in total. The molecule has 1 unspecified atom stereocenters. The van der Waals surface area contributed by atoms with Crippen LogP contribution >= 0.6 is 0 Å². The second kappa shape index (κ2) is 11.6. The van der Waals surface area contributed by atoms with Crippen molar-refractivity contribution in [3.05, 3.63) is 60.3 Å². The van der Waals surface area contributed by atoms with Gasteiger partial charge in [-0.1, -0.05) is 12.5 Å². The Balaban J connectivity index is 1.28. The van der Waals surface area contributed by atoms with E-state index in [1.54, 1.807) is 43.6 Å². The Morgan fingerprint density at radius 3 is 2.92 bits per heavy atom. The van der Waals surface area contributed by atoms with E-state index < -0.39 is 0 Å². The third-order valence-corrected chi connectivity index (χ3v) is 7.14. The number of rotatable bonds is 9. The summed E-state index contributed by atoms with van der Waals surface area (Å²) in [6.45, 7) is 2.63. The molecule has 9 nitrogen and oxygen atoms in total. The van der Waals surface area contributed by atoms with Crippen LogP contribution in [0.2, 0.25) is 0 Å². The Bertz CT molecular complexity index is 1420. The highest BCUT2D eigenvalue weighted by atomic mass is 16.5. The van der Waals surface area contributed by atoms with E-state index in [-0.39, 0.29) is 24.3 Å². The van der Waals surface area contributed by atoms with Gasteiger partial charge in [-0.2, -0.15) is 0 Å². The summed E-state index contributed by atoms with van der Waals surface area (Å²) in [6.07, 6.45) is 5.86. The average molecular weight is 516 g/mol. The lowest BCUT2D eigenvalue weighted by atomic mass is 10.0. The van der Waals surface area contributed by atoms with E-state index in [1.807, 2.05) is 18.2 Å². The molecule has 1 atom stereocenters. The van der Waals surface area contributed by atoms with E-state index in [0.29, 0.717) is 40.4 Å². The Labute approximate surface area is 221 Å². The summed E-state index contributed by atoms with van der Waals surface area (Å²) in [5.74, 6) is 0.938. The van der Waals surface area contributed by atoms with Gasteiger partial charge in [0, 0.05) is 36.5 Å². The fraction of sp³-hybridized carbons (Fsp3) is 0.345. The number of hydrogen-bond acceptors (Lipinski definition) is 7. The number of fused-ring (bicyclic) bond motifs is 1. The first-order valence-electron chi connectivity index (χ1n) is 13.0. The Morgan fingerprint density at radius 1 is 1.18 bits per heavy atom. The van der Waals surface area contributed by atoms with Gasteiger partial charge < -0.3 is 25.3 Å². The monoisotopic (exact) mass is 515 g/mol. The van der Waals surface area contributed by atoms with Gasteiger partial charge in [0.1, 0.15) is 11.6 Å². The highest BCUT2D eigenvalue weighted by molar-refractivity contribution is 5.97. The highest BCUT2D eigenvalue weighted by Gasteiger charge is 2.21. The second-order valence-electron chi connectivity index (χ2n) is 9.59. The molecule has 0 spiro atoms. The number of aliphatic hydroxyl groups is 1. The van der Waals surface area contributed by atoms with Crippen LogP contribution in [-0.2, 0) is 0 Å². The number of likely N-dealkylation sites (tertiary alicyclic amines) is 1. The number of ether oxygens (including phenoxy) is 1. The van der Waals surface area contributed by atoms with E-state index in [2.05, 4.69) is 25.2 Å². The SMILES string of the molecule is COc1ncccc1-c1ccc(O)c(-c2nc3ccc(C(=O)NCCCN4CCCCC4CO)cc3[nH]2)c1. The van der Waals surface area contributed by atoms with Crippen LogP contribution in [0.3, 0.4) is 0 Å². The summed E-state index contributed by atoms with van der Waals surface area (Å²) in [5.41, 5.74) is 4.11. The third-order valence-electron chi connectivity index (χ3n) is 7.14. The van der Waals surface area contributed by atoms with Gasteiger partial charge in [-0.15, -0.1) is 0 Å². The van der Waals surface area contributed by atoms with E-state index >= 15 is 0 Å². The van der Waals surface area contributed by atoms with E-state index in [1.165, 1.54) is 6.42 Å². The summed E-state index contributed by atoms with van der Waals surface area (Å²) in [7, 11) is 1.57. The van der Waals surface area contributed by atoms with Gasteiger partial charge in [-0.3, -0.25) is 9.69 Å². The Kier molecular flexibility index (Phi) is 7.86. The zero-order valence-electron chi connectivity index (χ0n) is 21.5. The fourth-order valence-corrected chi connectivity index (χ4v) is 5.09. The van der Waals surface area contributed by atoms with Crippen LogP contribution in [0.15, 0.2) is 54.7 Å². The van der Waals surface area contributed by atoms with Crippen LogP contribution in [0.1, 0.15) is 36.0 Å². The molecule has 0 saturated carbocycles. The number of methoxy groups -OCH3 is 1. The van der Waals surface area contributed by atoms with Gasteiger partial charge in [0.15, 0.2) is 0 Å². The van der Waals surface area contributed by atoms with Crippen molar-refractivity contribution >= 4 is 16.9 Å². The Hall–Kier alpha value is -3.95. The molecule has 2 aromatic heterocycles. The molecule has 1 fully saturated rings. The number of aliphatic hydroxyl groups excluding tert-OH is 1. The number of pyridine rings is 1. The minimum absolute atomic E-state index is 0.0887. The molecule has 38 heavy (non-hydrogen) atoms. The van der Waals surface area contributed by atoms with Crippen LogP contribution < -0.4 is 10.1 Å². The lowest BCUT2D eigenvalue weighted by molar-refractivity contribution is 0.0868. The van der Waals surface area contributed by atoms with Crippen LogP contribution in [0.25, 0.3) is 33.5 Å². The lowest BCUT2D eigenvalue weighted by Gasteiger charge is -2.34. The number of imidazole rings is 1. The first-order valence-corrected chi connectivity index (χ1v) is 13.0. The number of benzene rings is 2. The zero-order valence-corrected chi connectivity index (χ0v) is 21.5. The first-order chi connectivity index (χ1) is 18.6. The van der Waals surface area contributed by atoms with Gasteiger partial charge in [0.05, 0.1) is 30.3 Å². The number of H-pyrrole nitrogens is 1. The first kappa shape index (κ1) is 25.7. The third kappa shape index (κ3) is 5.49. The molecule has 1 aliphatic heterocycles.